The predicted molar refractivity (Wildman–Crippen MR) is 91.7 cm³/mol. The molecule has 2 fully saturated rings. The van der Waals surface area contributed by atoms with E-state index in [4.69, 9.17) is 9.31 Å². The maximum atomic E-state index is 6.16. The Kier molecular flexibility index (Phi) is 4.13. The van der Waals surface area contributed by atoms with Gasteiger partial charge in [0.15, 0.2) is 0 Å². The molecule has 3 nitrogen and oxygen atoms in total. The van der Waals surface area contributed by atoms with Gasteiger partial charge in [-0.05, 0) is 83.1 Å². The van der Waals surface area contributed by atoms with Gasteiger partial charge in [0.05, 0.1) is 11.2 Å². The van der Waals surface area contributed by atoms with Gasteiger partial charge in [-0.1, -0.05) is 18.2 Å². The largest absolute Gasteiger partial charge is 0.494 e. The van der Waals surface area contributed by atoms with Crippen LogP contribution in [0.1, 0.15) is 57.6 Å². The fourth-order valence-electron chi connectivity index (χ4n) is 3.42. The van der Waals surface area contributed by atoms with E-state index < -0.39 is 0 Å². The van der Waals surface area contributed by atoms with Gasteiger partial charge in [0.25, 0.3) is 0 Å². The van der Waals surface area contributed by atoms with Crippen molar-refractivity contribution >= 4 is 12.6 Å². The molecule has 4 heteroatoms. The van der Waals surface area contributed by atoms with Crippen LogP contribution in [0.5, 0.6) is 0 Å². The zero-order valence-electron chi connectivity index (χ0n) is 14.5. The minimum atomic E-state index is -0.278. The Morgan fingerprint density at radius 1 is 1.05 bits per heavy atom. The molecular formula is C18H28BNO2. The van der Waals surface area contributed by atoms with E-state index in [2.05, 4.69) is 58.1 Å². The molecule has 2 aliphatic heterocycles. The van der Waals surface area contributed by atoms with Crippen molar-refractivity contribution in [3.05, 3.63) is 29.3 Å². The summed E-state index contributed by atoms with van der Waals surface area (Å²) in [6, 6.07) is 6.72. The second kappa shape index (κ2) is 5.66. The molecule has 2 saturated heterocycles. The Labute approximate surface area is 134 Å². The molecule has 2 aliphatic rings. The first-order valence-corrected chi connectivity index (χ1v) is 8.47. The van der Waals surface area contributed by atoms with Gasteiger partial charge >= 0.3 is 7.12 Å². The van der Waals surface area contributed by atoms with Crippen LogP contribution < -0.4 is 10.8 Å². The third-order valence-corrected chi connectivity index (χ3v) is 5.60. The molecular weight excluding hydrogens is 273 g/mol. The first-order chi connectivity index (χ1) is 10.3. The van der Waals surface area contributed by atoms with Crippen molar-refractivity contribution in [3.63, 3.8) is 0 Å². The lowest BCUT2D eigenvalue weighted by Crippen LogP contribution is -2.41. The van der Waals surface area contributed by atoms with Crippen molar-refractivity contribution in [2.75, 3.05) is 13.1 Å². The lowest BCUT2D eigenvalue weighted by Gasteiger charge is -2.32. The minimum Gasteiger partial charge on any atom is -0.399 e. The van der Waals surface area contributed by atoms with E-state index in [1.54, 1.807) is 0 Å². The number of hydrogen-bond donors (Lipinski definition) is 1. The van der Waals surface area contributed by atoms with Gasteiger partial charge in [0, 0.05) is 0 Å². The zero-order chi connectivity index (χ0) is 16.0. The molecule has 22 heavy (non-hydrogen) atoms. The van der Waals surface area contributed by atoms with Gasteiger partial charge in [-0.3, -0.25) is 0 Å². The van der Waals surface area contributed by atoms with Crippen molar-refractivity contribution in [1.29, 1.82) is 0 Å². The molecule has 0 radical (unpaired) electrons. The van der Waals surface area contributed by atoms with Crippen molar-refractivity contribution < 1.29 is 9.31 Å². The van der Waals surface area contributed by atoms with Crippen LogP contribution in [0.2, 0.25) is 0 Å². The van der Waals surface area contributed by atoms with Crippen LogP contribution in [0, 0.1) is 6.92 Å². The summed E-state index contributed by atoms with van der Waals surface area (Å²) in [5.74, 6) is 0.689. The van der Waals surface area contributed by atoms with E-state index in [9.17, 15) is 0 Å². The number of aryl methyl sites for hydroxylation is 1. The minimum absolute atomic E-state index is 0.259. The molecule has 0 unspecified atom stereocenters. The van der Waals surface area contributed by atoms with E-state index in [-0.39, 0.29) is 18.3 Å². The van der Waals surface area contributed by atoms with E-state index in [0.29, 0.717) is 5.92 Å². The molecule has 120 valence electrons. The summed E-state index contributed by atoms with van der Waals surface area (Å²) in [4.78, 5) is 0. The smallest absolute Gasteiger partial charge is 0.399 e. The van der Waals surface area contributed by atoms with Crippen LogP contribution in [-0.4, -0.2) is 31.4 Å². The summed E-state index contributed by atoms with van der Waals surface area (Å²) in [6.45, 7) is 12.9. The van der Waals surface area contributed by atoms with E-state index in [0.717, 1.165) is 18.6 Å². The molecule has 1 aromatic rings. The number of hydrogen-bond acceptors (Lipinski definition) is 3. The third kappa shape index (κ3) is 2.84. The highest BCUT2D eigenvalue weighted by atomic mass is 16.7. The van der Waals surface area contributed by atoms with Crippen molar-refractivity contribution in [2.45, 2.75) is 64.6 Å². The molecule has 0 bridgehead atoms. The Hall–Kier alpha value is -0.835. The SMILES string of the molecule is Cc1cc(B2OC(C)(C)C(C)(C)O2)ccc1C1CCNCC1. The maximum absolute atomic E-state index is 6.16. The molecule has 0 spiro atoms. The van der Waals surface area contributed by atoms with Crippen molar-refractivity contribution in [2.24, 2.45) is 0 Å². The van der Waals surface area contributed by atoms with E-state index >= 15 is 0 Å². The first-order valence-electron chi connectivity index (χ1n) is 8.47. The van der Waals surface area contributed by atoms with Crippen LogP contribution in [0.25, 0.3) is 0 Å². The Balaban J connectivity index is 1.81. The summed E-state index contributed by atoms with van der Waals surface area (Å²) in [5, 5.41) is 3.44. The topological polar surface area (TPSA) is 30.5 Å². The van der Waals surface area contributed by atoms with Gasteiger partial charge in [0.1, 0.15) is 0 Å². The Morgan fingerprint density at radius 2 is 1.64 bits per heavy atom. The molecule has 0 aromatic heterocycles. The fourth-order valence-corrected chi connectivity index (χ4v) is 3.42. The quantitative estimate of drug-likeness (QED) is 0.852. The van der Waals surface area contributed by atoms with Crippen LogP contribution in [0.3, 0.4) is 0 Å². The van der Waals surface area contributed by atoms with E-state index in [1.807, 2.05) is 0 Å². The molecule has 0 saturated carbocycles. The predicted octanol–water partition coefficient (Wildman–Crippen LogP) is 2.76. The molecule has 2 heterocycles. The van der Waals surface area contributed by atoms with Crippen LogP contribution in [0.15, 0.2) is 18.2 Å². The van der Waals surface area contributed by atoms with Gasteiger partial charge in [0.2, 0.25) is 0 Å². The lowest BCUT2D eigenvalue weighted by atomic mass is 9.76. The highest BCUT2D eigenvalue weighted by molar-refractivity contribution is 6.62. The number of benzene rings is 1. The molecule has 0 atom stereocenters. The maximum Gasteiger partial charge on any atom is 0.494 e. The highest BCUT2D eigenvalue weighted by Gasteiger charge is 2.51. The molecule has 0 aliphatic carbocycles. The number of nitrogens with one attached hydrogen (secondary N) is 1. The molecule has 1 aromatic carbocycles. The summed E-state index contributed by atoms with van der Waals surface area (Å²) in [7, 11) is -0.259. The standard InChI is InChI=1S/C18H28BNO2/c1-13-12-15(19-21-17(2,3)18(4,5)22-19)6-7-16(13)14-8-10-20-11-9-14/h6-7,12,14,20H,8-11H2,1-5H3. The average molecular weight is 301 g/mol. The lowest BCUT2D eigenvalue weighted by molar-refractivity contribution is 0.00578. The summed E-state index contributed by atoms with van der Waals surface area (Å²) in [5.41, 5.74) is 3.42. The summed E-state index contributed by atoms with van der Waals surface area (Å²) in [6.07, 6.45) is 2.47. The number of piperidine rings is 1. The van der Waals surface area contributed by atoms with Crippen LogP contribution in [-0.2, 0) is 9.31 Å². The third-order valence-electron chi connectivity index (χ3n) is 5.60. The zero-order valence-corrected chi connectivity index (χ0v) is 14.5. The summed E-state index contributed by atoms with van der Waals surface area (Å²) < 4.78 is 12.3. The molecule has 0 amide bonds. The molecule has 1 N–H and O–H groups in total. The van der Waals surface area contributed by atoms with Crippen LogP contribution >= 0.6 is 0 Å². The van der Waals surface area contributed by atoms with Crippen molar-refractivity contribution in [1.82, 2.24) is 5.32 Å². The van der Waals surface area contributed by atoms with Gasteiger partial charge < -0.3 is 14.6 Å². The molecule has 3 rings (SSSR count). The van der Waals surface area contributed by atoms with Gasteiger partial charge in [-0.15, -0.1) is 0 Å². The number of rotatable bonds is 2. The second-order valence-electron chi connectivity index (χ2n) is 7.73. The van der Waals surface area contributed by atoms with Gasteiger partial charge in [-0.2, -0.15) is 0 Å². The second-order valence-corrected chi connectivity index (χ2v) is 7.73. The normalized spacial score (nSPS) is 24.7. The van der Waals surface area contributed by atoms with E-state index in [1.165, 1.54) is 24.0 Å². The summed E-state index contributed by atoms with van der Waals surface area (Å²) >= 11 is 0. The Bertz CT molecular complexity index is 534. The fraction of sp³-hybridized carbons (Fsp3) is 0.667. The monoisotopic (exact) mass is 301 g/mol. The van der Waals surface area contributed by atoms with Crippen LogP contribution in [0.4, 0.5) is 0 Å². The highest BCUT2D eigenvalue weighted by Crippen LogP contribution is 2.36. The Morgan fingerprint density at radius 3 is 2.18 bits per heavy atom. The average Bonchev–Trinajstić information content (AvgIpc) is 2.68. The first kappa shape index (κ1) is 16.0. The van der Waals surface area contributed by atoms with Crippen molar-refractivity contribution in [3.8, 4) is 0 Å². The van der Waals surface area contributed by atoms with Gasteiger partial charge in [-0.25, -0.2) is 0 Å².